The minimum atomic E-state index is 0.704. The van der Waals surface area contributed by atoms with Crippen molar-refractivity contribution in [2.45, 2.75) is 26.2 Å². The van der Waals surface area contributed by atoms with Gasteiger partial charge in [0, 0.05) is 36.8 Å². The molecular formula is C19H28N4O. The Kier molecular flexibility index (Phi) is 6.13. The van der Waals surface area contributed by atoms with Gasteiger partial charge in [-0.1, -0.05) is 18.2 Å². The third kappa shape index (κ3) is 4.99. The van der Waals surface area contributed by atoms with Gasteiger partial charge in [-0.2, -0.15) is 0 Å². The van der Waals surface area contributed by atoms with Crippen molar-refractivity contribution in [1.29, 1.82) is 0 Å². The van der Waals surface area contributed by atoms with Gasteiger partial charge < -0.3 is 20.4 Å². The van der Waals surface area contributed by atoms with E-state index < -0.39 is 0 Å². The Morgan fingerprint density at radius 3 is 3.00 bits per heavy atom. The standard InChI is InChI=1S/C19H28N4O/c1-2-20-19(22-11-12-24-14-15-7-8-15)21-10-9-16-13-23-18-6-4-3-5-17(16)18/h3-6,13,15,23H,2,7-12,14H2,1H3,(H2,20,21,22). The van der Waals surface area contributed by atoms with E-state index in [1.54, 1.807) is 0 Å². The van der Waals surface area contributed by atoms with Crippen LogP contribution < -0.4 is 10.6 Å². The second kappa shape index (κ2) is 8.73. The number of benzene rings is 1. The third-order valence-electron chi connectivity index (χ3n) is 4.26. The molecule has 0 unspecified atom stereocenters. The van der Waals surface area contributed by atoms with E-state index in [4.69, 9.17) is 4.74 Å². The average molecular weight is 328 g/mol. The van der Waals surface area contributed by atoms with Crippen LogP contribution in [0.1, 0.15) is 25.3 Å². The van der Waals surface area contributed by atoms with E-state index in [-0.39, 0.29) is 0 Å². The first-order chi connectivity index (χ1) is 11.9. The molecule has 24 heavy (non-hydrogen) atoms. The normalized spacial score (nSPS) is 15.0. The van der Waals surface area contributed by atoms with Crippen molar-refractivity contribution in [2.24, 2.45) is 10.9 Å². The Hall–Kier alpha value is -2.01. The topological polar surface area (TPSA) is 61.4 Å². The Morgan fingerprint density at radius 2 is 2.17 bits per heavy atom. The molecule has 0 saturated heterocycles. The zero-order chi connectivity index (χ0) is 16.6. The minimum absolute atomic E-state index is 0.704. The molecule has 5 nitrogen and oxygen atoms in total. The smallest absolute Gasteiger partial charge is 0.191 e. The molecule has 1 fully saturated rings. The minimum Gasteiger partial charge on any atom is -0.379 e. The maximum Gasteiger partial charge on any atom is 0.191 e. The lowest BCUT2D eigenvalue weighted by Gasteiger charge is -2.11. The number of H-pyrrole nitrogens is 1. The van der Waals surface area contributed by atoms with Crippen LogP contribution in [0.3, 0.4) is 0 Å². The summed E-state index contributed by atoms with van der Waals surface area (Å²) in [6.45, 7) is 6.11. The summed E-state index contributed by atoms with van der Waals surface area (Å²) in [7, 11) is 0. The molecule has 0 spiro atoms. The molecule has 2 aromatic rings. The van der Waals surface area contributed by atoms with E-state index in [0.29, 0.717) is 13.2 Å². The number of rotatable bonds is 9. The summed E-state index contributed by atoms with van der Waals surface area (Å²) < 4.78 is 5.63. The van der Waals surface area contributed by atoms with Crippen molar-refractivity contribution in [2.75, 3.05) is 32.8 Å². The summed E-state index contributed by atoms with van der Waals surface area (Å²) in [5.41, 5.74) is 2.53. The first-order valence-corrected chi connectivity index (χ1v) is 9.01. The molecule has 1 aromatic heterocycles. The van der Waals surface area contributed by atoms with Crippen molar-refractivity contribution >= 4 is 16.9 Å². The van der Waals surface area contributed by atoms with Gasteiger partial charge in [0.15, 0.2) is 5.96 Å². The number of aromatic nitrogens is 1. The van der Waals surface area contributed by atoms with Crippen LogP contribution >= 0.6 is 0 Å². The predicted molar refractivity (Wildman–Crippen MR) is 99.5 cm³/mol. The molecule has 0 bridgehead atoms. The molecule has 0 radical (unpaired) electrons. The fourth-order valence-electron chi connectivity index (χ4n) is 2.75. The van der Waals surface area contributed by atoms with Gasteiger partial charge in [-0.25, -0.2) is 0 Å². The van der Waals surface area contributed by atoms with Crippen molar-refractivity contribution in [3.05, 3.63) is 36.0 Å². The molecular weight excluding hydrogens is 300 g/mol. The number of aliphatic imine (C=N–C) groups is 1. The molecule has 3 N–H and O–H groups in total. The van der Waals surface area contributed by atoms with E-state index in [9.17, 15) is 0 Å². The van der Waals surface area contributed by atoms with Gasteiger partial charge in [-0.3, -0.25) is 4.99 Å². The Morgan fingerprint density at radius 1 is 1.29 bits per heavy atom. The number of para-hydroxylation sites is 1. The van der Waals surface area contributed by atoms with Gasteiger partial charge in [0.05, 0.1) is 13.2 Å². The molecule has 0 aliphatic heterocycles. The predicted octanol–water partition coefficient (Wildman–Crippen LogP) is 2.69. The zero-order valence-corrected chi connectivity index (χ0v) is 14.5. The van der Waals surface area contributed by atoms with Gasteiger partial charge >= 0.3 is 0 Å². The van der Waals surface area contributed by atoms with Gasteiger partial charge in [0.1, 0.15) is 0 Å². The highest BCUT2D eigenvalue weighted by Gasteiger charge is 2.20. The molecule has 0 atom stereocenters. The fourth-order valence-corrected chi connectivity index (χ4v) is 2.75. The molecule has 3 rings (SSSR count). The first kappa shape index (κ1) is 16.8. The number of hydrogen-bond donors (Lipinski definition) is 3. The van der Waals surface area contributed by atoms with E-state index in [1.165, 1.54) is 29.3 Å². The molecule has 1 aliphatic rings. The summed E-state index contributed by atoms with van der Waals surface area (Å²) in [4.78, 5) is 7.90. The Bertz CT molecular complexity index is 660. The summed E-state index contributed by atoms with van der Waals surface area (Å²) in [6.07, 6.45) is 5.73. The Balaban J connectivity index is 1.42. The van der Waals surface area contributed by atoms with E-state index in [0.717, 1.165) is 38.0 Å². The van der Waals surface area contributed by atoms with Crippen LogP contribution in [0, 0.1) is 5.92 Å². The average Bonchev–Trinajstić information content (AvgIpc) is 3.34. The molecule has 1 heterocycles. The van der Waals surface area contributed by atoms with Crippen LogP contribution in [0.2, 0.25) is 0 Å². The van der Waals surface area contributed by atoms with Crippen LogP contribution in [0.5, 0.6) is 0 Å². The number of aromatic amines is 1. The third-order valence-corrected chi connectivity index (χ3v) is 4.26. The highest BCUT2D eigenvalue weighted by molar-refractivity contribution is 5.83. The Labute approximate surface area is 143 Å². The number of nitrogens with zero attached hydrogens (tertiary/aromatic N) is 1. The molecule has 1 aliphatic carbocycles. The lowest BCUT2D eigenvalue weighted by atomic mass is 10.1. The second-order valence-electron chi connectivity index (χ2n) is 6.32. The molecule has 1 saturated carbocycles. The van der Waals surface area contributed by atoms with Crippen LogP contribution in [-0.4, -0.2) is 43.8 Å². The molecule has 5 heteroatoms. The van der Waals surface area contributed by atoms with E-state index >= 15 is 0 Å². The summed E-state index contributed by atoms with van der Waals surface area (Å²) in [5.74, 6) is 1.68. The summed E-state index contributed by atoms with van der Waals surface area (Å²) in [6, 6.07) is 8.42. The highest BCUT2D eigenvalue weighted by Crippen LogP contribution is 2.28. The molecule has 130 valence electrons. The summed E-state index contributed by atoms with van der Waals surface area (Å²) >= 11 is 0. The van der Waals surface area contributed by atoms with Crippen molar-refractivity contribution < 1.29 is 4.74 Å². The van der Waals surface area contributed by atoms with Crippen molar-refractivity contribution in [3.63, 3.8) is 0 Å². The quantitative estimate of drug-likeness (QED) is 0.377. The van der Waals surface area contributed by atoms with Gasteiger partial charge in [-0.15, -0.1) is 0 Å². The van der Waals surface area contributed by atoms with Gasteiger partial charge in [0.2, 0.25) is 0 Å². The number of hydrogen-bond acceptors (Lipinski definition) is 2. The maximum atomic E-state index is 5.63. The monoisotopic (exact) mass is 328 g/mol. The number of guanidine groups is 1. The first-order valence-electron chi connectivity index (χ1n) is 9.01. The maximum absolute atomic E-state index is 5.63. The van der Waals surface area contributed by atoms with Crippen molar-refractivity contribution in [3.8, 4) is 0 Å². The van der Waals surface area contributed by atoms with Gasteiger partial charge in [0.25, 0.3) is 0 Å². The zero-order valence-electron chi connectivity index (χ0n) is 14.5. The second-order valence-corrected chi connectivity index (χ2v) is 6.32. The largest absolute Gasteiger partial charge is 0.379 e. The van der Waals surface area contributed by atoms with Crippen LogP contribution in [0.4, 0.5) is 0 Å². The fraction of sp³-hybridized carbons (Fsp3) is 0.526. The number of ether oxygens (including phenoxy) is 1. The van der Waals surface area contributed by atoms with E-state index in [2.05, 4.69) is 58.0 Å². The SMILES string of the molecule is CCNC(=NCCOCC1CC1)NCCc1c[nH]c2ccccc12. The van der Waals surface area contributed by atoms with E-state index in [1.807, 2.05) is 0 Å². The summed E-state index contributed by atoms with van der Waals surface area (Å²) in [5, 5.41) is 7.99. The number of nitrogens with one attached hydrogen (secondary N) is 3. The van der Waals surface area contributed by atoms with Crippen LogP contribution in [-0.2, 0) is 11.2 Å². The van der Waals surface area contributed by atoms with Crippen LogP contribution in [0.25, 0.3) is 10.9 Å². The van der Waals surface area contributed by atoms with Crippen LogP contribution in [0.15, 0.2) is 35.5 Å². The molecule has 1 aromatic carbocycles. The lowest BCUT2D eigenvalue weighted by Crippen LogP contribution is -2.38. The van der Waals surface area contributed by atoms with Gasteiger partial charge in [-0.05, 0) is 43.7 Å². The number of fused-ring (bicyclic) bond motifs is 1. The highest BCUT2D eigenvalue weighted by atomic mass is 16.5. The lowest BCUT2D eigenvalue weighted by molar-refractivity contribution is 0.131. The molecule has 0 amide bonds. The van der Waals surface area contributed by atoms with Crippen molar-refractivity contribution in [1.82, 2.24) is 15.6 Å².